The van der Waals surface area contributed by atoms with E-state index in [0.717, 1.165) is 17.8 Å². The molecule has 1 aromatic heterocycles. The van der Waals surface area contributed by atoms with Crippen molar-refractivity contribution >= 4 is 34.5 Å². The summed E-state index contributed by atoms with van der Waals surface area (Å²) in [5.74, 6) is -1.18. The Balaban J connectivity index is 1.98. The van der Waals surface area contributed by atoms with Gasteiger partial charge in [0.1, 0.15) is 5.70 Å². The second-order valence-corrected chi connectivity index (χ2v) is 5.49. The van der Waals surface area contributed by atoms with Gasteiger partial charge < -0.3 is 16.8 Å². The lowest BCUT2D eigenvalue weighted by Crippen LogP contribution is -2.22. The lowest BCUT2D eigenvalue weighted by atomic mass is 10.2. The maximum Gasteiger partial charge on any atom is 0.271 e. The predicted octanol–water partition coefficient (Wildman–Crippen LogP) is 1.12. The number of nitrogens with zero attached hydrogens (tertiary/aromatic N) is 2. The van der Waals surface area contributed by atoms with Crippen molar-refractivity contribution < 1.29 is 9.59 Å². The zero-order valence-corrected chi connectivity index (χ0v) is 14.1. The summed E-state index contributed by atoms with van der Waals surface area (Å²) in [6, 6.07) is 9.77. The Hall–Kier alpha value is -3.26. The van der Waals surface area contributed by atoms with Gasteiger partial charge >= 0.3 is 0 Å². The van der Waals surface area contributed by atoms with Crippen LogP contribution in [0, 0.1) is 0 Å². The van der Waals surface area contributed by atoms with Gasteiger partial charge in [-0.2, -0.15) is 5.10 Å². The van der Waals surface area contributed by atoms with Crippen LogP contribution in [0.3, 0.4) is 0 Å². The van der Waals surface area contributed by atoms with Crippen LogP contribution in [0.5, 0.6) is 0 Å². The molecule has 8 heteroatoms. The van der Waals surface area contributed by atoms with Gasteiger partial charge in [-0.25, -0.2) is 0 Å². The molecule has 0 aliphatic rings. The smallest absolute Gasteiger partial charge is 0.271 e. The van der Waals surface area contributed by atoms with Gasteiger partial charge in [-0.15, -0.1) is 0 Å². The highest BCUT2D eigenvalue weighted by Gasteiger charge is 2.11. The summed E-state index contributed by atoms with van der Waals surface area (Å²) >= 11 is 4.81. The molecule has 0 aliphatic heterocycles. The van der Waals surface area contributed by atoms with E-state index in [-0.39, 0.29) is 10.6 Å². The van der Waals surface area contributed by atoms with Crippen molar-refractivity contribution in [1.82, 2.24) is 9.78 Å². The zero-order valence-electron chi connectivity index (χ0n) is 13.3. The Bertz CT molecular complexity index is 840. The van der Waals surface area contributed by atoms with Crippen molar-refractivity contribution in [1.29, 1.82) is 0 Å². The molecule has 1 heterocycles. The summed E-state index contributed by atoms with van der Waals surface area (Å²) in [5.41, 5.74) is 12.1. The molecule has 0 radical (unpaired) electrons. The second kappa shape index (κ2) is 8.55. The molecule has 0 spiro atoms. The first kappa shape index (κ1) is 18.1. The molecule has 0 saturated carbocycles. The molecule has 7 nitrogen and oxygen atoms in total. The van der Waals surface area contributed by atoms with E-state index in [1.165, 1.54) is 12.3 Å². The maximum absolute atomic E-state index is 12.0. The van der Waals surface area contributed by atoms with Gasteiger partial charge in [-0.3, -0.25) is 14.3 Å². The van der Waals surface area contributed by atoms with Gasteiger partial charge in [0.25, 0.3) is 5.91 Å². The second-order valence-electron chi connectivity index (χ2n) is 5.05. The monoisotopic (exact) mass is 355 g/mol. The molecule has 0 fully saturated rings. The van der Waals surface area contributed by atoms with Crippen LogP contribution in [0.25, 0.3) is 0 Å². The van der Waals surface area contributed by atoms with Crippen LogP contribution >= 0.6 is 12.2 Å². The molecule has 128 valence electrons. The SMILES string of the molecule is NC=CC(=S)C(=O)C=C(N)C(=O)Nc1cnn(Cc2ccccc2)c1. The van der Waals surface area contributed by atoms with E-state index in [9.17, 15) is 9.59 Å². The van der Waals surface area contributed by atoms with Gasteiger partial charge in [0, 0.05) is 12.3 Å². The minimum Gasteiger partial charge on any atom is -0.405 e. The Morgan fingerprint density at radius 1 is 1.28 bits per heavy atom. The molecule has 2 rings (SSSR count). The summed E-state index contributed by atoms with van der Waals surface area (Å²) < 4.78 is 1.68. The fourth-order valence-corrected chi connectivity index (χ4v) is 2.07. The predicted molar refractivity (Wildman–Crippen MR) is 99.6 cm³/mol. The molecular weight excluding hydrogens is 338 g/mol. The van der Waals surface area contributed by atoms with Crippen molar-refractivity contribution in [2.75, 3.05) is 5.32 Å². The number of benzene rings is 1. The Morgan fingerprint density at radius 3 is 2.68 bits per heavy atom. The van der Waals surface area contributed by atoms with Crippen LogP contribution < -0.4 is 16.8 Å². The average Bonchev–Trinajstić information content (AvgIpc) is 3.02. The maximum atomic E-state index is 12.0. The van der Waals surface area contributed by atoms with E-state index in [1.807, 2.05) is 30.3 Å². The van der Waals surface area contributed by atoms with Crippen LogP contribution in [0.2, 0.25) is 0 Å². The molecule has 1 amide bonds. The van der Waals surface area contributed by atoms with Crippen LogP contribution in [0.15, 0.2) is 66.8 Å². The number of carbonyl (C=O) groups is 2. The highest BCUT2D eigenvalue weighted by atomic mass is 32.1. The Morgan fingerprint density at radius 2 is 2.00 bits per heavy atom. The van der Waals surface area contributed by atoms with Gasteiger partial charge in [-0.1, -0.05) is 42.5 Å². The number of thiocarbonyl (C=S) groups is 1. The van der Waals surface area contributed by atoms with Crippen molar-refractivity contribution in [3.05, 3.63) is 72.3 Å². The first-order valence-corrected chi connectivity index (χ1v) is 7.72. The number of nitrogens with one attached hydrogen (secondary N) is 1. The normalized spacial score (nSPS) is 11.4. The molecule has 1 aromatic carbocycles. The molecule has 2 aromatic rings. The third kappa shape index (κ3) is 5.40. The molecule has 0 saturated heterocycles. The van der Waals surface area contributed by atoms with E-state index < -0.39 is 11.7 Å². The number of hydrogen-bond acceptors (Lipinski definition) is 6. The number of nitrogens with two attached hydrogens (primary N) is 2. The summed E-state index contributed by atoms with van der Waals surface area (Å²) in [7, 11) is 0. The highest BCUT2D eigenvalue weighted by molar-refractivity contribution is 7.82. The largest absolute Gasteiger partial charge is 0.405 e. The molecule has 0 aliphatic carbocycles. The minimum absolute atomic E-state index is 0.0334. The van der Waals surface area contributed by atoms with Gasteiger partial charge in [0.2, 0.25) is 0 Å². The Kier molecular flexibility index (Phi) is 6.19. The van der Waals surface area contributed by atoms with Gasteiger partial charge in [-0.05, 0) is 17.8 Å². The lowest BCUT2D eigenvalue weighted by molar-refractivity contribution is -0.113. The van der Waals surface area contributed by atoms with Gasteiger partial charge in [0.15, 0.2) is 5.78 Å². The van der Waals surface area contributed by atoms with Crippen LogP contribution in [0.4, 0.5) is 5.69 Å². The first-order valence-electron chi connectivity index (χ1n) is 7.31. The van der Waals surface area contributed by atoms with Gasteiger partial charge in [0.05, 0.1) is 23.3 Å². The van der Waals surface area contributed by atoms with Crippen molar-refractivity contribution in [3.63, 3.8) is 0 Å². The standard InChI is InChI=1S/C17H17N5O2S/c18-7-6-16(25)15(23)8-14(19)17(24)21-13-9-20-22(11-13)10-12-4-2-1-3-5-12/h1-9,11H,10,18-19H2,(H,21,24). The van der Waals surface area contributed by atoms with Crippen molar-refractivity contribution in [2.24, 2.45) is 11.5 Å². The third-order valence-electron chi connectivity index (χ3n) is 3.12. The molecule has 25 heavy (non-hydrogen) atoms. The van der Waals surface area contributed by atoms with E-state index in [4.69, 9.17) is 23.7 Å². The molecule has 0 unspecified atom stereocenters. The first-order chi connectivity index (χ1) is 12.0. The topological polar surface area (TPSA) is 116 Å². The van der Waals surface area contributed by atoms with Crippen molar-refractivity contribution in [3.8, 4) is 0 Å². The van der Waals surface area contributed by atoms with E-state index in [1.54, 1.807) is 10.9 Å². The lowest BCUT2D eigenvalue weighted by Gasteiger charge is -2.03. The molecule has 5 N–H and O–H groups in total. The fourth-order valence-electron chi connectivity index (χ4n) is 1.94. The number of carbonyl (C=O) groups excluding carboxylic acids is 2. The number of aromatic nitrogens is 2. The van der Waals surface area contributed by atoms with E-state index >= 15 is 0 Å². The van der Waals surface area contributed by atoms with E-state index in [0.29, 0.717) is 12.2 Å². The van der Waals surface area contributed by atoms with Crippen molar-refractivity contribution in [2.45, 2.75) is 6.54 Å². The zero-order chi connectivity index (χ0) is 18.2. The summed E-state index contributed by atoms with van der Waals surface area (Å²) in [4.78, 5) is 23.7. The van der Waals surface area contributed by atoms with E-state index in [2.05, 4.69) is 10.4 Å². The average molecular weight is 355 g/mol. The Labute approximate surface area is 150 Å². The summed E-state index contributed by atoms with van der Waals surface area (Å²) in [6.07, 6.45) is 6.53. The number of ketones is 1. The molecular formula is C17H17N5O2S. The third-order valence-corrected chi connectivity index (χ3v) is 3.46. The number of rotatable bonds is 7. The summed E-state index contributed by atoms with van der Waals surface area (Å²) in [6.45, 7) is 0.570. The quantitative estimate of drug-likeness (QED) is 0.506. The fraction of sp³-hybridized carbons (Fsp3) is 0.0588. The number of allylic oxidation sites excluding steroid dienone is 2. The van der Waals surface area contributed by atoms with Crippen LogP contribution in [-0.4, -0.2) is 26.3 Å². The highest BCUT2D eigenvalue weighted by Crippen LogP contribution is 2.08. The molecule has 0 atom stereocenters. The van der Waals surface area contributed by atoms with Crippen LogP contribution in [-0.2, 0) is 16.1 Å². The number of anilines is 1. The number of amides is 1. The summed E-state index contributed by atoms with van der Waals surface area (Å²) in [5, 5.41) is 6.74. The van der Waals surface area contributed by atoms with Crippen LogP contribution in [0.1, 0.15) is 5.56 Å². The molecule has 0 bridgehead atoms. The number of hydrogen-bond donors (Lipinski definition) is 3. The minimum atomic E-state index is -0.618.